The first kappa shape index (κ1) is 67.4. The van der Waals surface area contributed by atoms with Gasteiger partial charge in [-0.05, 0) is 134 Å². The Morgan fingerprint density at radius 2 is 0.512 bits per heavy atom. The Balaban J connectivity index is 1.89. The third-order valence-electron chi connectivity index (χ3n) is 13.6. The first-order valence-corrected chi connectivity index (χ1v) is 28.8. The summed E-state index contributed by atoms with van der Waals surface area (Å²) in [6, 6.07) is -4.04. The van der Waals surface area contributed by atoms with Gasteiger partial charge in [-0.2, -0.15) is 0 Å². The minimum atomic E-state index is -1.01. The van der Waals surface area contributed by atoms with Crippen molar-refractivity contribution in [2.75, 3.05) is 0 Å². The molecule has 0 aromatic carbocycles. The summed E-state index contributed by atoms with van der Waals surface area (Å²) in [6.45, 7) is 40.1. The Morgan fingerprint density at radius 1 is 0.357 bits per heavy atom. The molecule has 8 bridgehead atoms. The van der Waals surface area contributed by atoms with E-state index in [1.54, 1.807) is 111 Å². The second-order valence-corrected chi connectivity index (χ2v) is 27.1. The normalized spacial score (nSPS) is 17.9. The monoisotopic (exact) mass is 1170 g/mol. The lowest BCUT2D eigenvalue weighted by Crippen LogP contribution is -2.36. The molecule has 0 saturated heterocycles. The minimum Gasteiger partial charge on any atom is -0.459 e. The summed E-state index contributed by atoms with van der Waals surface area (Å²) in [5, 5.41) is 12.3. The van der Waals surface area contributed by atoms with Gasteiger partial charge >= 0.3 is 23.9 Å². The molecule has 24 nitrogen and oxygen atoms in total. The van der Waals surface area contributed by atoms with Crippen molar-refractivity contribution in [3.63, 3.8) is 0 Å². The van der Waals surface area contributed by atoms with Crippen molar-refractivity contribution in [3.8, 4) is 0 Å². The molecule has 4 aromatic heterocycles. The predicted molar refractivity (Wildman–Crippen MR) is 311 cm³/mol. The van der Waals surface area contributed by atoms with Gasteiger partial charge in [-0.25, -0.2) is 19.9 Å². The molecule has 4 N–H and O–H groups in total. The fourth-order valence-corrected chi connectivity index (χ4v) is 9.80. The molecule has 0 spiro atoms. The van der Waals surface area contributed by atoms with Crippen LogP contribution in [-0.4, -0.2) is 108 Å². The molecule has 84 heavy (non-hydrogen) atoms. The first-order valence-electron chi connectivity index (χ1n) is 28.8. The Labute approximate surface area is 494 Å². The standard InChI is InChI=1S/C60H92N12O12/c1-29(2)41-49-61-46(33(9)69(49)25-37(73)81-57(13,14)15)54(78)66-43(31(5)6)51-63-48(35(11)71(51)27-39(75)83-59(19,20)21)56(80)68-44(32(7)8)52-64-47(36(12)72(52)28-40(76)84-60(22,23)24)55(79)67-42(30(3)4)50-62-45(53(77)65-41)34(10)70(50)26-38(74)82-58(16,17)18/h29-32,41-44H,25-28H2,1-24H3,(H,65,77)(H,66,78)(H,67,79)(H,68,80)/t41-,42-,43-,44-/m0/s1. The maximum atomic E-state index is 15.1. The molecule has 0 aliphatic carbocycles. The lowest BCUT2D eigenvalue weighted by atomic mass is 10.0. The van der Waals surface area contributed by atoms with Gasteiger partial charge in [-0.3, -0.25) is 38.4 Å². The lowest BCUT2D eigenvalue weighted by molar-refractivity contribution is -0.156. The van der Waals surface area contributed by atoms with E-state index in [0.717, 1.165) is 0 Å². The van der Waals surface area contributed by atoms with Crippen molar-refractivity contribution in [3.05, 3.63) is 68.8 Å². The van der Waals surface area contributed by atoms with Crippen molar-refractivity contribution < 1.29 is 57.3 Å². The summed E-state index contributed by atoms with van der Waals surface area (Å²) in [5.74, 6) is -6.74. The van der Waals surface area contributed by atoms with Crippen molar-refractivity contribution >= 4 is 47.5 Å². The van der Waals surface area contributed by atoms with Crippen molar-refractivity contribution in [2.24, 2.45) is 23.7 Å². The molecular weight excluding hydrogens is 1080 g/mol. The number of rotatable bonds is 12. The van der Waals surface area contributed by atoms with Gasteiger partial charge < -0.3 is 58.5 Å². The van der Waals surface area contributed by atoms with Crippen LogP contribution < -0.4 is 21.3 Å². The van der Waals surface area contributed by atoms with Crippen LogP contribution in [0.4, 0.5) is 0 Å². The van der Waals surface area contributed by atoms with Gasteiger partial charge in [-0.15, -0.1) is 0 Å². The number of nitrogens with one attached hydrogen (secondary N) is 4. The first-order chi connectivity index (χ1) is 38.4. The Kier molecular flexibility index (Phi) is 20.4. The highest BCUT2D eigenvalue weighted by Gasteiger charge is 2.39. The molecule has 4 atom stereocenters. The van der Waals surface area contributed by atoms with E-state index < -0.39 is 144 Å². The number of hydrogen-bond acceptors (Lipinski definition) is 16. The largest absolute Gasteiger partial charge is 0.459 e. The number of aromatic nitrogens is 8. The van der Waals surface area contributed by atoms with Gasteiger partial charge in [0, 0.05) is 22.8 Å². The minimum absolute atomic E-state index is 0.111. The molecule has 0 saturated carbocycles. The highest BCUT2D eigenvalue weighted by atomic mass is 16.6. The fourth-order valence-electron chi connectivity index (χ4n) is 9.80. The van der Waals surface area contributed by atoms with Gasteiger partial charge in [0.25, 0.3) is 23.6 Å². The molecule has 0 radical (unpaired) electrons. The smallest absolute Gasteiger partial charge is 0.326 e. The topological polar surface area (TPSA) is 293 Å². The molecule has 1 aliphatic heterocycles. The van der Waals surface area contributed by atoms with Gasteiger partial charge in [-0.1, -0.05) is 55.4 Å². The Hall–Kier alpha value is -7.40. The van der Waals surface area contributed by atoms with Crippen molar-refractivity contribution in [1.29, 1.82) is 0 Å². The van der Waals surface area contributed by atoms with E-state index in [2.05, 4.69) is 21.3 Å². The van der Waals surface area contributed by atoms with E-state index in [0.29, 0.717) is 0 Å². The number of fused-ring (bicyclic) bond motifs is 8. The number of carbonyl (C=O) groups excluding carboxylic acids is 8. The van der Waals surface area contributed by atoms with E-state index in [1.165, 1.54) is 18.3 Å². The summed E-state index contributed by atoms with van der Waals surface area (Å²) < 4.78 is 29.2. The van der Waals surface area contributed by atoms with E-state index in [-0.39, 0.29) is 68.8 Å². The molecular formula is C60H92N12O12. The van der Waals surface area contributed by atoms with Gasteiger partial charge in [0.15, 0.2) is 0 Å². The average molecular weight is 1170 g/mol. The third-order valence-corrected chi connectivity index (χ3v) is 13.6. The number of imidazole rings is 4. The van der Waals surface area contributed by atoms with Gasteiger partial charge in [0.1, 0.15) is 94.7 Å². The molecule has 464 valence electrons. The lowest BCUT2D eigenvalue weighted by Gasteiger charge is -2.24. The van der Waals surface area contributed by atoms with E-state index >= 15 is 19.2 Å². The highest BCUT2D eigenvalue weighted by molar-refractivity contribution is 5.97. The summed E-state index contributed by atoms with van der Waals surface area (Å²) in [5.41, 5.74) is -3.04. The summed E-state index contributed by atoms with van der Waals surface area (Å²) >= 11 is 0. The van der Waals surface area contributed by atoms with Crippen LogP contribution in [0.25, 0.3) is 0 Å². The second-order valence-electron chi connectivity index (χ2n) is 27.1. The molecule has 4 amide bonds. The molecule has 0 fully saturated rings. The predicted octanol–water partition coefficient (Wildman–Crippen LogP) is 7.89. The SMILES string of the molecule is Cc1c2nc(n1CC(=O)OC(C)(C)C)[C@H](C(C)C)NC(=O)c1nc(n(CC(=O)OC(C)(C)C)c1C)[C@H](C(C)C)NC(=O)c1nc(n(CC(=O)OC(C)(C)C)c1C)[C@H](C(C)C)NC(=O)c1nc(n(CC(=O)OC(C)(C)C)c1C)[C@H](C(C)C)NC2=O. The third kappa shape index (κ3) is 16.5. The number of esters is 4. The average Bonchev–Trinajstić information content (AvgIpc) is 2.34. The number of nitrogens with zero attached hydrogens (tertiary/aromatic N) is 8. The van der Waals surface area contributed by atoms with Crippen LogP contribution in [0.1, 0.15) is 251 Å². The van der Waals surface area contributed by atoms with Gasteiger partial charge in [0.05, 0.1) is 24.2 Å². The number of ether oxygens (including phenoxy) is 4. The molecule has 4 aromatic rings. The van der Waals surface area contributed by atoms with E-state index in [1.807, 2.05) is 55.4 Å². The zero-order chi connectivity index (χ0) is 63.8. The van der Waals surface area contributed by atoms with Crippen LogP contribution in [0.2, 0.25) is 0 Å². The van der Waals surface area contributed by atoms with Crippen molar-refractivity contribution in [1.82, 2.24) is 59.5 Å². The Bertz CT molecular complexity index is 2740. The summed E-state index contributed by atoms with van der Waals surface area (Å²) in [4.78, 5) is 135. The molecule has 5 heterocycles. The number of amides is 4. The van der Waals surface area contributed by atoms with Crippen LogP contribution >= 0.6 is 0 Å². The van der Waals surface area contributed by atoms with Crippen LogP contribution in [0.5, 0.6) is 0 Å². The molecule has 1 aliphatic rings. The molecule has 0 unspecified atom stereocenters. The maximum Gasteiger partial charge on any atom is 0.326 e. The molecule has 24 heteroatoms. The van der Waals surface area contributed by atoms with Crippen LogP contribution in [0.15, 0.2) is 0 Å². The summed E-state index contributed by atoms with van der Waals surface area (Å²) in [6.07, 6.45) is 0. The van der Waals surface area contributed by atoms with Crippen LogP contribution in [-0.2, 0) is 64.3 Å². The van der Waals surface area contributed by atoms with E-state index in [9.17, 15) is 19.2 Å². The zero-order valence-corrected chi connectivity index (χ0v) is 53.9. The van der Waals surface area contributed by atoms with Gasteiger partial charge in [0.2, 0.25) is 0 Å². The highest BCUT2D eigenvalue weighted by Crippen LogP contribution is 2.33. The Morgan fingerprint density at radius 3 is 0.643 bits per heavy atom. The van der Waals surface area contributed by atoms with Crippen LogP contribution in [0.3, 0.4) is 0 Å². The second kappa shape index (κ2) is 25.4. The maximum absolute atomic E-state index is 15.1. The fraction of sp³-hybridized carbons (Fsp3) is 0.667. The van der Waals surface area contributed by atoms with Crippen molar-refractivity contribution in [2.45, 2.75) is 239 Å². The van der Waals surface area contributed by atoms with Crippen LogP contribution in [0, 0.1) is 51.4 Å². The number of hydrogen-bond donors (Lipinski definition) is 4. The molecule has 5 rings (SSSR count). The zero-order valence-electron chi connectivity index (χ0n) is 53.9. The number of carbonyl (C=O) groups is 8. The van der Waals surface area contributed by atoms with E-state index in [4.69, 9.17) is 38.9 Å². The summed E-state index contributed by atoms with van der Waals surface area (Å²) in [7, 11) is 0. The quantitative estimate of drug-likeness (QED) is 0.0774.